The number of rotatable bonds is 3. The Morgan fingerprint density at radius 3 is 2.83 bits per heavy atom. The van der Waals surface area contributed by atoms with Gasteiger partial charge in [-0.1, -0.05) is 6.07 Å². The van der Waals surface area contributed by atoms with Gasteiger partial charge in [-0.3, -0.25) is 4.79 Å². The minimum atomic E-state index is -0.655. The van der Waals surface area contributed by atoms with E-state index in [2.05, 4.69) is 20.9 Å². The number of ether oxygens (including phenoxy) is 2. The number of halogens is 1. The maximum Gasteiger partial charge on any atom is 0.318 e. The first kappa shape index (κ1) is 13.5. The molecule has 0 spiro atoms. The van der Waals surface area contributed by atoms with Crippen molar-refractivity contribution in [2.75, 3.05) is 19.8 Å². The van der Waals surface area contributed by atoms with Crippen LogP contribution in [0, 0.1) is 0 Å². The Kier molecular flexibility index (Phi) is 4.35. The second-order valence-electron chi connectivity index (χ2n) is 4.26. The third-order valence-electron chi connectivity index (χ3n) is 3.22. The van der Waals surface area contributed by atoms with Crippen molar-refractivity contribution in [2.24, 2.45) is 0 Å². The van der Waals surface area contributed by atoms with Crippen LogP contribution in [0.1, 0.15) is 25.5 Å². The second kappa shape index (κ2) is 5.80. The fourth-order valence-corrected chi connectivity index (χ4v) is 2.57. The molecule has 2 rings (SSSR count). The molecule has 4 nitrogen and oxygen atoms in total. The molecular formula is C13H16BrNO3. The van der Waals surface area contributed by atoms with E-state index in [0.29, 0.717) is 32.7 Å². The normalized spacial score (nSPS) is 18.3. The molecule has 0 amide bonds. The van der Waals surface area contributed by atoms with E-state index in [-0.39, 0.29) is 5.97 Å². The lowest BCUT2D eigenvalue weighted by molar-refractivity contribution is -0.154. The Bertz CT molecular complexity index is 430. The number of hydrogen-bond acceptors (Lipinski definition) is 4. The second-order valence-corrected chi connectivity index (χ2v) is 5.07. The van der Waals surface area contributed by atoms with E-state index in [0.717, 1.165) is 10.3 Å². The lowest BCUT2D eigenvalue weighted by Crippen LogP contribution is -2.43. The standard InChI is InChI=1S/C13H16BrNO3/c1-2-18-12(16)13(6-8-17-9-7-13)10-4-3-5-11(14)15-10/h3-5H,2,6-9H2,1H3. The van der Waals surface area contributed by atoms with E-state index < -0.39 is 5.41 Å². The largest absolute Gasteiger partial charge is 0.465 e. The van der Waals surface area contributed by atoms with Gasteiger partial charge in [-0.2, -0.15) is 0 Å². The van der Waals surface area contributed by atoms with Gasteiger partial charge in [0.05, 0.1) is 12.3 Å². The van der Waals surface area contributed by atoms with Crippen molar-refractivity contribution >= 4 is 21.9 Å². The number of hydrogen-bond donors (Lipinski definition) is 0. The summed E-state index contributed by atoms with van der Waals surface area (Å²) in [7, 11) is 0. The number of esters is 1. The van der Waals surface area contributed by atoms with Crippen LogP contribution in [-0.2, 0) is 19.7 Å². The average Bonchev–Trinajstić information content (AvgIpc) is 2.40. The van der Waals surface area contributed by atoms with Crippen LogP contribution in [0.2, 0.25) is 0 Å². The lowest BCUT2D eigenvalue weighted by atomic mass is 9.77. The third kappa shape index (κ3) is 2.57. The monoisotopic (exact) mass is 313 g/mol. The summed E-state index contributed by atoms with van der Waals surface area (Å²) in [6, 6.07) is 5.62. The van der Waals surface area contributed by atoms with Crippen molar-refractivity contribution in [2.45, 2.75) is 25.2 Å². The quantitative estimate of drug-likeness (QED) is 0.635. The highest BCUT2D eigenvalue weighted by Crippen LogP contribution is 2.35. The van der Waals surface area contributed by atoms with Crippen LogP contribution in [0.25, 0.3) is 0 Å². The molecule has 0 bridgehead atoms. The van der Waals surface area contributed by atoms with Crippen LogP contribution in [0.15, 0.2) is 22.8 Å². The number of carbonyl (C=O) groups is 1. The fourth-order valence-electron chi connectivity index (χ4n) is 2.23. The smallest absolute Gasteiger partial charge is 0.318 e. The molecule has 1 saturated heterocycles. The lowest BCUT2D eigenvalue weighted by Gasteiger charge is -2.34. The molecule has 0 radical (unpaired) electrons. The summed E-state index contributed by atoms with van der Waals surface area (Å²) in [5, 5.41) is 0. The van der Waals surface area contributed by atoms with E-state index in [1.165, 1.54) is 0 Å². The highest BCUT2D eigenvalue weighted by molar-refractivity contribution is 9.10. The molecule has 18 heavy (non-hydrogen) atoms. The molecular weight excluding hydrogens is 298 g/mol. The van der Waals surface area contributed by atoms with Crippen molar-refractivity contribution in [3.63, 3.8) is 0 Å². The topological polar surface area (TPSA) is 48.4 Å². The van der Waals surface area contributed by atoms with Gasteiger partial charge in [0.2, 0.25) is 0 Å². The zero-order valence-corrected chi connectivity index (χ0v) is 11.9. The first-order chi connectivity index (χ1) is 8.69. The molecule has 1 aromatic heterocycles. The maximum absolute atomic E-state index is 12.3. The predicted octanol–water partition coefficient (Wildman–Crippen LogP) is 2.46. The van der Waals surface area contributed by atoms with Crippen molar-refractivity contribution in [3.8, 4) is 0 Å². The van der Waals surface area contributed by atoms with Crippen LogP contribution >= 0.6 is 15.9 Å². The molecule has 5 heteroatoms. The van der Waals surface area contributed by atoms with Crippen molar-refractivity contribution < 1.29 is 14.3 Å². The first-order valence-electron chi connectivity index (χ1n) is 6.07. The van der Waals surface area contributed by atoms with E-state index in [1.807, 2.05) is 25.1 Å². The summed E-state index contributed by atoms with van der Waals surface area (Å²) < 4.78 is 11.3. The summed E-state index contributed by atoms with van der Waals surface area (Å²) in [5.41, 5.74) is 0.108. The number of carbonyl (C=O) groups excluding carboxylic acids is 1. The summed E-state index contributed by atoms with van der Waals surface area (Å²) >= 11 is 3.35. The van der Waals surface area contributed by atoms with Gasteiger partial charge in [-0.15, -0.1) is 0 Å². The molecule has 0 aliphatic carbocycles. The molecule has 2 heterocycles. The average molecular weight is 314 g/mol. The minimum absolute atomic E-state index is 0.195. The zero-order valence-electron chi connectivity index (χ0n) is 10.3. The molecule has 0 N–H and O–H groups in total. The maximum atomic E-state index is 12.3. The van der Waals surface area contributed by atoms with Gasteiger partial charge >= 0.3 is 5.97 Å². The van der Waals surface area contributed by atoms with Gasteiger partial charge in [-0.05, 0) is 47.8 Å². The highest BCUT2D eigenvalue weighted by Gasteiger charge is 2.44. The molecule has 0 atom stereocenters. The highest BCUT2D eigenvalue weighted by atomic mass is 79.9. The SMILES string of the molecule is CCOC(=O)C1(c2cccc(Br)n2)CCOCC1. The van der Waals surface area contributed by atoms with Crippen LogP contribution < -0.4 is 0 Å². The van der Waals surface area contributed by atoms with Crippen molar-refractivity contribution in [1.29, 1.82) is 0 Å². The fraction of sp³-hybridized carbons (Fsp3) is 0.538. The number of pyridine rings is 1. The van der Waals surface area contributed by atoms with Crippen LogP contribution in [-0.4, -0.2) is 30.8 Å². The first-order valence-corrected chi connectivity index (χ1v) is 6.86. The van der Waals surface area contributed by atoms with Gasteiger partial charge in [0.15, 0.2) is 0 Å². The molecule has 0 unspecified atom stereocenters. The molecule has 0 aromatic carbocycles. The van der Waals surface area contributed by atoms with Crippen LogP contribution in [0.3, 0.4) is 0 Å². The molecule has 98 valence electrons. The van der Waals surface area contributed by atoms with Gasteiger partial charge in [0.25, 0.3) is 0 Å². The predicted molar refractivity (Wildman–Crippen MR) is 70.3 cm³/mol. The molecule has 1 aromatic rings. The minimum Gasteiger partial charge on any atom is -0.465 e. The van der Waals surface area contributed by atoms with Gasteiger partial charge in [-0.25, -0.2) is 4.98 Å². The van der Waals surface area contributed by atoms with Crippen molar-refractivity contribution in [1.82, 2.24) is 4.98 Å². The Labute approximate surface area is 115 Å². The Hall–Kier alpha value is -0.940. The van der Waals surface area contributed by atoms with E-state index in [1.54, 1.807) is 0 Å². The van der Waals surface area contributed by atoms with Gasteiger partial charge < -0.3 is 9.47 Å². The Morgan fingerprint density at radius 2 is 2.22 bits per heavy atom. The summed E-state index contributed by atoms with van der Waals surface area (Å²) in [5.74, 6) is -0.195. The van der Waals surface area contributed by atoms with E-state index in [9.17, 15) is 4.79 Å². The summed E-state index contributed by atoms with van der Waals surface area (Å²) in [4.78, 5) is 16.7. The number of aromatic nitrogens is 1. The molecule has 1 fully saturated rings. The summed E-state index contributed by atoms with van der Waals surface area (Å²) in [6.07, 6.45) is 1.24. The Balaban J connectivity index is 2.38. The Morgan fingerprint density at radius 1 is 1.50 bits per heavy atom. The third-order valence-corrected chi connectivity index (χ3v) is 3.66. The molecule has 0 saturated carbocycles. The van der Waals surface area contributed by atoms with Crippen molar-refractivity contribution in [3.05, 3.63) is 28.5 Å². The number of nitrogens with zero attached hydrogens (tertiary/aromatic N) is 1. The molecule has 1 aliphatic heterocycles. The van der Waals surface area contributed by atoms with Crippen LogP contribution in [0.4, 0.5) is 0 Å². The molecule has 1 aliphatic rings. The van der Waals surface area contributed by atoms with E-state index in [4.69, 9.17) is 9.47 Å². The van der Waals surface area contributed by atoms with Gasteiger partial charge in [0, 0.05) is 13.2 Å². The van der Waals surface area contributed by atoms with Crippen LogP contribution in [0.5, 0.6) is 0 Å². The zero-order chi connectivity index (χ0) is 13.0. The summed E-state index contributed by atoms with van der Waals surface area (Å²) in [6.45, 7) is 3.33. The van der Waals surface area contributed by atoms with E-state index >= 15 is 0 Å². The van der Waals surface area contributed by atoms with Gasteiger partial charge in [0.1, 0.15) is 10.0 Å².